The van der Waals surface area contributed by atoms with Crippen LogP contribution in [0.25, 0.3) is 0 Å². The number of nitrogens with one attached hydrogen (secondary N) is 1. The molecule has 0 aromatic rings. The predicted molar refractivity (Wildman–Crippen MR) is 85.2 cm³/mol. The normalized spacial score (nSPS) is 20.1. The van der Waals surface area contributed by atoms with Crippen LogP contribution >= 0.6 is 0 Å². The van der Waals surface area contributed by atoms with Gasteiger partial charge >= 0.3 is 0 Å². The van der Waals surface area contributed by atoms with Crippen LogP contribution in [0.15, 0.2) is 0 Å². The molecule has 1 atom stereocenters. The van der Waals surface area contributed by atoms with Crippen LogP contribution in [0.3, 0.4) is 0 Å². The van der Waals surface area contributed by atoms with Crippen LogP contribution < -0.4 is 5.32 Å². The Bertz CT molecular complexity index is 490. The zero-order valence-corrected chi connectivity index (χ0v) is 14.5. The molecule has 1 heterocycles. The van der Waals surface area contributed by atoms with Crippen molar-refractivity contribution in [2.75, 3.05) is 45.2 Å². The Hall–Kier alpha value is -1.15. The van der Waals surface area contributed by atoms with Gasteiger partial charge in [-0.1, -0.05) is 0 Å². The van der Waals surface area contributed by atoms with E-state index in [4.69, 9.17) is 0 Å². The maximum atomic E-state index is 12.2. The topological polar surface area (TPSA) is 86.8 Å². The molecular formula is C14H27N3O4S. The first-order chi connectivity index (χ1) is 10.2. The van der Waals surface area contributed by atoms with E-state index in [1.807, 2.05) is 19.0 Å². The van der Waals surface area contributed by atoms with Crippen LogP contribution in [0.2, 0.25) is 0 Å². The van der Waals surface area contributed by atoms with Crippen molar-refractivity contribution >= 4 is 21.7 Å². The van der Waals surface area contributed by atoms with Gasteiger partial charge in [0.15, 0.2) is 9.84 Å². The molecule has 1 aliphatic rings. The lowest BCUT2D eigenvalue weighted by atomic mass is 10.2. The second kappa shape index (κ2) is 8.47. The molecule has 1 N–H and O–H groups in total. The predicted octanol–water partition coefficient (Wildman–Crippen LogP) is -0.520. The number of nitrogens with zero attached hydrogens (tertiary/aromatic N) is 2. The Kier molecular flexibility index (Phi) is 7.28. The third-order valence-electron chi connectivity index (χ3n) is 3.73. The standard InChI is InChI=1S/C14H27N3O4S/c1-4-17(12-6-9-22(20,21)11-12)14(19)10-13(18)15-7-5-8-16(2)3/h12H,4-11H2,1-3H3,(H,15,18). The van der Waals surface area contributed by atoms with Gasteiger partial charge in [0, 0.05) is 19.1 Å². The highest BCUT2D eigenvalue weighted by molar-refractivity contribution is 7.91. The Morgan fingerprint density at radius 2 is 1.95 bits per heavy atom. The fraction of sp³-hybridized carbons (Fsp3) is 0.857. The molecule has 0 radical (unpaired) electrons. The third kappa shape index (κ3) is 6.31. The van der Waals surface area contributed by atoms with Gasteiger partial charge in [-0.3, -0.25) is 9.59 Å². The molecule has 0 spiro atoms. The molecule has 1 rings (SSSR count). The fourth-order valence-corrected chi connectivity index (χ4v) is 4.31. The summed E-state index contributed by atoms with van der Waals surface area (Å²) < 4.78 is 23.0. The van der Waals surface area contributed by atoms with E-state index in [1.165, 1.54) is 4.90 Å². The summed E-state index contributed by atoms with van der Waals surface area (Å²) >= 11 is 0. The van der Waals surface area contributed by atoms with Crippen LogP contribution in [0, 0.1) is 0 Å². The zero-order chi connectivity index (χ0) is 16.8. The number of hydrogen-bond acceptors (Lipinski definition) is 5. The highest BCUT2D eigenvalue weighted by Gasteiger charge is 2.34. The van der Waals surface area contributed by atoms with E-state index in [0.717, 1.165) is 13.0 Å². The third-order valence-corrected chi connectivity index (χ3v) is 5.48. The van der Waals surface area contributed by atoms with Crippen LogP contribution in [-0.4, -0.2) is 81.3 Å². The molecule has 0 saturated carbocycles. The molecule has 2 amide bonds. The van der Waals surface area contributed by atoms with E-state index >= 15 is 0 Å². The van der Waals surface area contributed by atoms with Gasteiger partial charge in [0.1, 0.15) is 6.42 Å². The number of carbonyl (C=O) groups excluding carboxylic acids is 2. The average molecular weight is 333 g/mol. The first kappa shape index (κ1) is 18.9. The summed E-state index contributed by atoms with van der Waals surface area (Å²) in [5.41, 5.74) is 0. The molecule has 0 aliphatic carbocycles. The second-order valence-electron chi connectivity index (χ2n) is 5.92. The molecule has 1 unspecified atom stereocenters. The van der Waals surface area contributed by atoms with Crippen LogP contribution in [0.5, 0.6) is 0 Å². The van der Waals surface area contributed by atoms with Crippen molar-refractivity contribution in [1.82, 2.24) is 15.1 Å². The fourth-order valence-electron chi connectivity index (χ4n) is 2.58. The summed E-state index contributed by atoms with van der Waals surface area (Å²) in [5, 5.41) is 2.72. The van der Waals surface area contributed by atoms with Gasteiger partial charge in [-0.15, -0.1) is 0 Å². The monoisotopic (exact) mass is 333 g/mol. The molecule has 0 aromatic carbocycles. The highest BCUT2D eigenvalue weighted by Crippen LogP contribution is 2.18. The van der Waals surface area contributed by atoms with Crippen molar-refractivity contribution < 1.29 is 18.0 Å². The van der Waals surface area contributed by atoms with Gasteiger partial charge < -0.3 is 15.1 Å². The van der Waals surface area contributed by atoms with E-state index < -0.39 is 9.84 Å². The lowest BCUT2D eigenvalue weighted by Crippen LogP contribution is -2.43. The van der Waals surface area contributed by atoms with Crippen molar-refractivity contribution in [2.45, 2.75) is 32.2 Å². The van der Waals surface area contributed by atoms with Gasteiger partial charge in [-0.25, -0.2) is 8.42 Å². The first-order valence-corrected chi connectivity index (χ1v) is 9.48. The number of sulfone groups is 1. The van der Waals surface area contributed by atoms with Gasteiger partial charge in [-0.2, -0.15) is 0 Å². The largest absolute Gasteiger partial charge is 0.356 e. The zero-order valence-electron chi connectivity index (χ0n) is 13.7. The van der Waals surface area contributed by atoms with Gasteiger partial charge in [0.2, 0.25) is 11.8 Å². The highest BCUT2D eigenvalue weighted by atomic mass is 32.2. The van der Waals surface area contributed by atoms with Crippen molar-refractivity contribution in [3.8, 4) is 0 Å². The molecule has 0 bridgehead atoms. The first-order valence-electron chi connectivity index (χ1n) is 7.66. The average Bonchev–Trinajstić information content (AvgIpc) is 2.75. The Labute approximate surface area is 132 Å². The quantitative estimate of drug-likeness (QED) is 0.477. The summed E-state index contributed by atoms with van der Waals surface area (Å²) in [6, 6.07) is -0.288. The van der Waals surface area contributed by atoms with Crippen LogP contribution in [-0.2, 0) is 19.4 Å². The molecular weight excluding hydrogens is 306 g/mol. The van der Waals surface area contributed by atoms with Gasteiger partial charge in [-0.05, 0) is 40.4 Å². The molecule has 128 valence electrons. The lowest BCUT2D eigenvalue weighted by Gasteiger charge is -2.26. The SMILES string of the molecule is CCN(C(=O)CC(=O)NCCCN(C)C)C1CCS(=O)(=O)C1. The minimum Gasteiger partial charge on any atom is -0.356 e. The van der Waals surface area contributed by atoms with Crippen LogP contribution in [0.4, 0.5) is 0 Å². The molecule has 1 saturated heterocycles. The van der Waals surface area contributed by atoms with Crippen LogP contribution in [0.1, 0.15) is 26.2 Å². The lowest BCUT2D eigenvalue weighted by molar-refractivity contribution is -0.137. The summed E-state index contributed by atoms with van der Waals surface area (Å²) in [6.07, 6.45) is 1.07. The van der Waals surface area contributed by atoms with Gasteiger partial charge in [0.25, 0.3) is 0 Å². The van der Waals surface area contributed by atoms with Crippen molar-refractivity contribution in [3.05, 3.63) is 0 Å². The van der Waals surface area contributed by atoms with Gasteiger partial charge in [0.05, 0.1) is 11.5 Å². The van der Waals surface area contributed by atoms with Crippen molar-refractivity contribution in [2.24, 2.45) is 0 Å². The Morgan fingerprint density at radius 1 is 1.27 bits per heavy atom. The molecule has 7 nitrogen and oxygen atoms in total. The van der Waals surface area contributed by atoms with E-state index in [0.29, 0.717) is 19.5 Å². The molecule has 22 heavy (non-hydrogen) atoms. The number of carbonyl (C=O) groups is 2. The van der Waals surface area contributed by atoms with Crippen molar-refractivity contribution in [1.29, 1.82) is 0 Å². The molecule has 0 aromatic heterocycles. The van der Waals surface area contributed by atoms with Crippen molar-refractivity contribution in [3.63, 3.8) is 0 Å². The maximum absolute atomic E-state index is 12.2. The Balaban J connectivity index is 2.40. The summed E-state index contributed by atoms with van der Waals surface area (Å²) in [4.78, 5) is 27.5. The summed E-state index contributed by atoms with van der Waals surface area (Å²) in [6.45, 7) is 3.63. The molecule has 1 aliphatic heterocycles. The second-order valence-corrected chi connectivity index (χ2v) is 8.15. The van der Waals surface area contributed by atoms with E-state index in [9.17, 15) is 18.0 Å². The number of amides is 2. The minimum absolute atomic E-state index is 0.0109. The van der Waals surface area contributed by atoms with E-state index in [2.05, 4.69) is 5.32 Å². The number of rotatable bonds is 8. The smallest absolute Gasteiger partial charge is 0.232 e. The maximum Gasteiger partial charge on any atom is 0.232 e. The number of hydrogen-bond donors (Lipinski definition) is 1. The van der Waals surface area contributed by atoms with E-state index in [-0.39, 0.29) is 35.8 Å². The molecule has 8 heteroatoms. The Morgan fingerprint density at radius 3 is 2.45 bits per heavy atom. The summed E-state index contributed by atoms with van der Waals surface area (Å²) in [7, 11) is 0.880. The summed E-state index contributed by atoms with van der Waals surface area (Å²) in [5.74, 6) is -0.465. The van der Waals surface area contributed by atoms with E-state index in [1.54, 1.807) is 6.92 Å². The molecule has 1 fully saturated rings. The minimum atomic E-state index is -3.04.